The SMILES string of the molecule is CCNC(=O)CONc1ncnc2c1ncn2[C@@H]1O[C@H](CO)[C@@H](O)[C@@]1(C)O. The van der Waals surface area contributed by atoms with Crippen molar-refractivity contribution in [3.05, 3.63) is 12.7 Å². The van der Waals surface area contributed by atoms with Gasteiger partial charge < -0.3 is 25.4 Å². The minimum atomic E-state index is -1.67. The van der Waals surface area contributed by atoms with Crippen molar-refractivity contribution < 1.29 is 29.7 Å². The first-order valence-electron chi connectivity index (χ1n) is 8.38. The molecule has 2 aromatic rings. The van der Waals surface area contributed by atoms with Gasteiger partial charge in [0.1, 0.15) is 24.1 Å². The van der Waals surface area contributed by atoms with Crippen molar-refractivity contribution in [3.8, 4) is 0 Å². The van der Waals surface area contributed by atoms with Crippen LogP contribution in [0.2, 0.25) is 0 Å². The van der Waals surface area contributed by atoms with Crippen LogP contribution in [0.15, 0.2) is 12.7 Å². The maximum Gasteiger partial charge on any atom is 0.248 e. The second-order valence-corrected chi connectivity index (χ2v) is 6.27. The minimum absolute atomic E-state index is 0.217. The standard InChI is InChI=1S/C15H22N6O6/c1-3-16-9(23)5-26-20-12-10-13(18-6-17-12)21(7-19-10)14-15(2,25)11(24)8(4-22)27-14/h6-8,11,14,22,24-25H,3-5H2,1-2H3,(H,16,23)(H,17,18,20)/t8-,11-,14-,15-/m1/s1. The van der Waals surface area contributed by atoms with E-state index >= 15 is 0 Å². The zero-order valence-electron chi connectivity index (χ0n) is 14.9. The van der Waals surface area contributed by atoms with Gasteiger partial charge >= 0.3 is 0 Å². The number of carbonyl (C=O) groups is 1. The highest BCUT2D eigenvalue weighted by atomic mass is 16.6. The van der Waals surface area contributed by atoms with Crippen LogP contribution in [0.4, 0.5) is 5.82 Å². The second-order valence-electron chi connectivity index (χ2n) is 6.27. The lowest BCUT2D eigenvalue weighted by Crippen LogP contribution is -2.44. The molecule has 3 heterocycles. The number of nitrogens with zero attached hydrogens (tertiary/aromatic N) is 4. The van der Waals surface area contributed by atoms with E-state index in [1.54, 1.807) is 6.92 Å². The number of ether oxygens (including phenoxy) is 1. The van der Waals surface area contributed by atoms with Crippen molar-refractivity contribution in [1.29, 1.82) is 0 Å². The van der Waals surface area contributed by atoms with Gasteiger partial charge in [-0.3, -0.25) is 14.2 Å². The maximum atomic E-state index is 11.4. The molecule has 0 aliphatic carbocycles. The molecule has 1 aliphatic rings. The molecule has 1 saturated heterocycles. The van der Waals surface area contributed by atoms with E-state index in [0.717, 1.165) is 0 Å². The first-order valence-corrected chi connectivity index (χ1v) is 8.38. The Bertz CT molecular complexity index is 811. The highest BCUT2D eigenvalue weighted by molar-refractivity contribution is 5.82. The van der Waals surface area contributed by atoms with E-state index in [4.69, 9.17) is 9.57 Å². The number of hydrogen-bond acceptors (Lipinski definition) is 10. The van der Waals surface area contributed by atoms with Crippen molar-refractivity contribution >= 4 is 22.9 Å². The summed E-state index contributed by atoms with van der Waals surface area (Å²) >= 11 is 0. The molecular formula is C15H22N6O6. The molecule has 1 aliphatic heterocycles. The summed E-state index contributed by atoms with van der Waals surface area (Å²) in [6, 6.07) is 0. The fraction of sp³-hybridized carbons (Fsp3) is 0.600. The van der Waals surface area contributed by atoms with Crippen molar-refractivity contribution in [1.82, 2.24) is 24.8 Å². The van der Waals surface area contributed by atoms with E-state index in [1.807, 2.05) is 0 Å². The number of amides is 1. The first kappa shape index (κ1) is 19.4. The van der Waals surface area contributed by atoms with Gasteiger partial charge in [-0.25, -0.2) is 20.4 Å². The summed E-state index contributed by atoms with van der Waals surface area (Å²) in [7, 11) is 0. The molecule has 0 aromatic carbocycles. The molecular weight excluding hydrogens is 360 g/mol. The molecule has 4 atom stereocenters. The van der Waals surface area contributed by atoms with Gasteiger partial charge in [0.2, 0.25) is 5.91 Å². The summed E-state index contributed by atoms with van der Waals surface area (Å²) in [4.78, 5) is 28.9. The van der Waals surface area contributed by atoms with Gasteiger partial charge in [-0.15, -0.1) is 0 Å². The summed E-state index contributed by atoms with van der Waals surface area (Å²) in [6.07, 6.45) is -0.622. The molecule has 0 saturated carbocycles. The Morgan fingerprint density at radius 2 is 2.22 bits per heavy atom. The third-order valence-corrected chi connectivity index (χ3v) is 4.29. The summed E-state index contributed by atoms with van der Waals surface area (Å²) in [5, 5.41) is 32.7. The molecule has 12 nitrogen and oxygen atoms in total. The highest BCUT2D eigenvalue weighted by Crippen LogP contribution is 2.39. The normalized spacial score (nSPS) is 27.8. The summed E-state index contributed by atoms with van der Waals surface area (Å²) < 4.78 is 7.01. The summed E-state index contributed by atoms with van der Waals surface area (Å²) in [6.45, 7) is 3.02. The van der Waals surface area contributed by atoms with Crippen LogP contribution in [0.3, 0.4) is 0 Å². The van der Waals surface area contributed by atoms with Crippen molar-refractivity contribution in [3.63, 3.8) is 0 Å². The smallest absolute Gasteiger partial charge is 0.248 e. The van der Waals surface area contributed by atoms with E-state index in [-0.39, 0.29) is 18.3 Å². The molecule has 0 radical (unpaired) electrons. The number of aliphatic hydroxyl groups is 3. The van der Waals surface area contributed by atoms with E-state index < -0.39 is 30.6 Å². The number of likely N-dealkylation sites (N-methyl/N-ethyl adjacent to an activating group) is 1. The van der Waals surface area contributed by atoms with Crippen molar-refractivity contribution in [2.24, 2.45) is 0 Å². The number of rotatable bonds is 7. The second kappa shape index (κ2) is 7.70. The van der Waals surface area contributed by atoms with Gasteiger partial charge in [0.05, 0.1) is 12.9 Å². The molecule has 3 rings (SSSR count). The van der Waals surface area contributed by atoms with Crippen LogP contribution >= 0.6 is 0 Å². The number of fused-ring (bicyclic) bond motifs is 1. The van der Waals surface area contributed by atoms with Gasteiger partial charge in [0, 0.05) is 6.54 Å². The molecule has 1 amide bonds. The molecule has 148 valence electrons. The number of anilines is 1. The lowest BCUT2D eigenvalue weighted by molar-refractivity contribution is -0.124. The maximum absolute atomic E-state index is 11.4. The number of imidazole rings is 1. The Labute approximate surface area is 154 Å². The highest BCUT2D eigenvalue weighted by Gasteiger charge is 2.53. The van der Waals surface area contributed by atoms with Crippen LogP contribution in [-0.2, 0) is 14.4 Å². The topological polar surface area (TPSA) is 164 Å². The number of aliphatic hydroxyl groups excluding tert-OH is 2. The summed E-state index contributed by atoms with van der Waals surface area (Å²) in [5.74, 6) is -0.0693. The third kappa shape index (κ3) is 3.57. The third-order valence-electron chi connectivity index (χ3n) is 4.29. The molecule has 27 heavy (non-hydrogen) atoms. The molecule has 0 bridgehead atoms. The number of aromatic nitrogens is 4. The van der Waals surface area contributed by atoms with Gasteiger partial charge in [-0.1, -0.05) is 0 Å². The van der Waals surface area contributed by atoms with Gasteiger partial charge in [0.15, 0.2) is 29.8 Å². The number of hydrogen-bond donors (Lipinski definition) is 5. The van der Waals surface area contributed by atoms with E-state index in [1.165, 1.54) is 24.1 Å². The Morgan fingerprint density at radius 3 is 2.89 bits per heavy atom. The van der Waals surface area contributed by atoms with Crippen molar-refractivity contribution in [2.45, 2.75) is 37.9 Å². The molecule has 1 fully saturated rings. The zero-order chi connectivity index (χ0) is 19.6. The summed E-state index contributed by atoms with van der Waals surface area (Å²) in [5.41, 5.74) is 1.50. The quantitative estimate of drug-likeness (QED) is 0.349. The Kier molecular flexibility index (Phi) is 5.53. The molecule has 0 spiro atoms. The molecule has 5 N–H and O–H groups in total. The average molecular weight is 382 g/mol. The lowest BCUT2D eigenvalue weighted by atomic mass is 9.96. The monoisotopic (exact) mass is 382 g/mol. The first-order chi connectivity index (χ1) is 12.9. The minimum Gasteiger partial charge on any atom is -0.394 e. The predicted octanol–water partition coefficient (Wildman–Crippen LogP) is -1.69. The van der Waals surface area contributed by atoms with Crippen molar-refractivity contribution in [2.75, 3.05) is 25.2 Å². The van der Waals surface area contributed by atoms with Crippen LogP contribution < -0.4 is 10.8 Å². The zero-order valence-corrected chi connectivity index (χ0v) is 14.9. The van der Waals surface area contributed by atoms with Gasteiger partial charge in [-0.2, -0.15) is 0 Å². The van der Waals surface area contributed by atoms with Crippen LogP contribution in [-0.4, -0.2) is 78.3 Å². The Hall–Kier alpha value is -2.38. The molecule has 2 aromatic heterocycles. The fourth-order valence-electron chi connectivity index (χ4n) is 2.91. The van der Waals surface area contributed by atoms with Crippen LogP contribution in [0, 0.1) is 0 Å². The average Bonchev–Trinajstić information content (AvgIpc) is 3.15. The number of nitrogens with one attached hydrogen (secondary N) is 2. The van der Waals surface area contributed by atoms with Crippen LogP contribution in [0.5, 0.6) is 0 Å². The van der Waals surface area contributed by atoms with Crippen LogP contribution in [0.25, 0.3) is 11.2 Å². The lowest BCUT2D eigenvalue weighted by Gasteiger charge is -2.27. The fourth-order valence-corrected chi connectivity index (χ4v) is 2.91. The van der Waals surface area contributed by atoms with E-state index in [0.29, 0.717) is 17.7 Å². The van der Waals surface area contributed by atoms with E-state index in [9.17, 15) is 20.1 Å². The Morgan fingerprint density at radius 1 is 1.44 bits per heavy atom. The molecule has 12 heteroatoms. The Balaban J connectivity index is 1.82. The van der Waals surface area contributed by atoms with Crippen LogP contribution in [0.1, 0.15) is 20.1 Å². The largest absolute Gasteiger partial charge is 0.394 e. The van der Waals surface area contributed by atoms with E-state index in [2.05, 4.69) is 25.7 Å². The van der Waals surface area contributed by atoms with Gasteiger partial charge in [-0.05, 0) is 13.8 Å². The predicted molar refractivity (Wildman–Crippen MR) is 91.2 cm³/mol. The van der Waals surface area contributed by atoms with Gasteiger partial charge in [0.25, 0.3) is 0 Å². The molecule has 0 unspecified atom stereocenters. The number of carbonyl (C=O) groups excluding carboxylic acids is 1.